The lowest BCUT2D eigenvalue weighted by molar-refractivity contribution is -0.124. The number of carbonyl (C=O) groups is 1. The van der Waals surface area contributed by atoms with Crippen molar-refractivity contribution < 1.29 is 4.79 Å². The van der Waals surface area contributed by atoms with E-state index in [0.29, 0.717) is 12.1 Å². The lowest BCUT2D eigenvalue weighted by Crippen LogP contribution is -2.44. The maximum absolute atomic E-state index is 11.2. The van der Waals surface area contributed by atoms with Crippen LogP contribution in [-0.2, 0) is 4.79 Å². The van der Waals surface area contributed by atoms with Gasteiger partial charge in [0.2, 0.25) is 6.41 Å². The molecule has 116 valence electrons. The fraction of sp³-hybridized carbons (Fsp3) is 0.632. The third-order valence-electron chi connectivity index (χ3n) is 4.78. The molecule has 0 aromatic heterocycles. The maximum atomic E-state index is 11.2. The Morgan fingerprint density at radius 2 is 0.952 bits per heavy atom. The largest absolute Gasteiger partial charge is 0.339 e. The van der Waals surface area contributed by atoms with Gasteiger partial charge in [0.05, 0.1) is 0 Å². The summed E-state index contributed by atoms with van der Waals surface area (Å²) < 4.78 is 0. The van der Waals surface area contributed by atoms with Gasteiger partial charge >= 0.3 is 0 Å². The van der Waals surface area contributed by atoms with Crippen LogP contribution in [0, 0.1) is 0 Å². The van der Waals surface area contributed by atoms with Gasteiger partial charge in [-0.1, -0.05) is 74.9 Å². The smallest absolute Gasteiger partial charge is 0.210 e. The summed E-state index contributed by atoms with van der Waals surface area (Å²) >= 11 is 0. The fourth-order valence-electron chi connectivity index (χ4n) is 3.61. The van der Waals surface area contributed by atoms with Gasteiger partial charge in [0.15, 0.2) is 0 Å². The molecule has 0 aliphatic heterocycles. The molecule has 2 saturated carbocycles. The Kier molecular flexibility index (Phi) is 7.34. The molecule has 1 aromatic carbocycles. The maximum Gasteiger partial charge on any atom is 0.210 e. The molecule has 0 N–H and O–H groups in total. The molecule has 1 amide bonds. The highest BCUT2D eigenvalue weighted by Crippen LogP contribution is 2.28. The van der Waals surface area contributed by atoms with Crippen molar-refractivity contribution >= 4 is 6.41 Å². The van der Waals surface area contributed by atoms with Crippen LogP contribution >= 0.6 is 0 Å². The summed E-state index contributed by atoms with van der Waals surface area (Å²) in [6.45, 7) is 0. The number of hydrogen-bond donors (Lipinski definition) is 0. The first-order valence-electron chi connectivity index (χ1n) is 8.64. The van der Waals surface area contributed by atoms with E-state index in [9.17, 15) is 4.79 Å². The second-order valence-electron chi connectivity index (χ2n) is 6.29. The van der Waals surface area contributed by atoms with Crippen LogP contribution in [-0.4, -0.2) is 23.4 Å². The molecular weight excluding hydrogens is 258 g/mol. The number of benzene rings is 1. The minimum absolute atomic E-state index is 0.569. The van der Waals surface area contributed by atoms with Crippen LogP contribution < -0.4 is 0 Å². The minimum atomic E-state index is 0.569. The molecule has 2 heteroatoms. The van der Waals surface area contributed by atoms with Crippen LogP contribution in [0.4, 0.5) is 0 Å². The van der Waals surface area contributed by atoms with Crippen molar-refractivity contribution in [3.8, 4) is 0 Å². The third kappa shape index (κ3) is 5.53. The molecule has 0 saturated heterocycles. The van der Waals surface area contributed by atoms with Crippen LogP contribution in [0.15, 0.2) is 36.4 Å². The molecule has 1 aromatic rings. The van der Waals surface area contributed by atoms with E-state index in [1.165, 1.54) is 64.2 Å². The van der Waals surface area contributed by atoms with E-state index in [0.717, 1.165) is 6.41 Å². The monoisotopic (exact) mass is 287 g/mol. The molecule has 2 aliphatic carbocycles. The fourth-order valence-corrected chi connectivity index (χ4v) is 3.61. The average molecular weight is 287 g/mol. The molecule has 2 aliphatic rings. The van der Waals surface area contributed by atoms with Gasteiger partial charge in [0.1, 0.15) is 0 Å². The van der Waals surface area contributed by atoms with Crippen molar-refractivity contribution in [2.75, 3.05) is 0 Å². The molecule has 0 bridgehead atoms. The summed E-state index contributed by atoms with van der Waals surface area (Å²) in [6.07, 6.45) is 14.1. The van der Waals surface area contributed by atoms with Crippen molar-refractivity contribution in [1.82, 2.24) is 4.90 Å². The highest BCUT2D eigenvalue weighted by atomic mass is 16.1. The Hall–Kier alpha value is -1.31. The topological polar surface area (TPSA) is 20.3 Å². The predicted molar refractivity (Wildman–Crippen MR) is 88.1 cm³/mol. The first kappa shape index (κ1) is 16.1. The predicted octanol–water partition coefficient (Wildman–Crippen LogP) is 4.80. The minimum Gasteiger partial charge on any atom is -0.339 e. The molecule has 2 fully saturated rings. The molecule has 0 heterocycles. The van der Waals surface area contributed by atoms with Gasteiger partial charge in [-0.05, 0) is 25.7 Å². The van der Waals surface area contributed by atoms with Gasteiger partial charge in [-0.3, -0.25) is 4.79 Å². The van der Waals surface area contributed by atoms with Crippen LogP contribution in [0.3, 0.4) is 0 Å². The number of carbonyl (C=O) groups excluding carboxylic acids is 1. The second kappa shape index (κ2) is 9.59. The first-order valence-corrected chi connectivity index (χ1v) is 8.64. The van der Waals surface area contributed by atoms with E-state index >= 15 is 0 Å². The molecule has 21 heavy (non-hydrogen) atoms. The summed E-state index contributed by atoms with van der Waals surface area (Å²) in [5.74, 6) is 0. The van der Waals surface area contributed by atoms with Gasteiger partial charge in [0.25, 0.3) is 0 Å². The molecular formula is C19H29NO. The van der Waals surface area contributed by atoms with Crippen molar-refractivity contribution in [3.05, 3.63) is 36.4 Å². The van der Waals surface area contributed by atoms with E-state index in [1.54, 1.807) is 0 Å². The normalized spacial score (nSPS) is 20.2. The Balaban J connectivity index is 0.000000225. The molecule has 0 unspecified atom stereocenters. The Bertz CT molecular complexity index is 322. The van der Waals surface area contributed by atoms with Gasteiger partial charge in [0, 0.05) is 12.1 Å². The third-order valence-corrected chi connectivity index (χ3v) is 4.78. The standard InChI is InChI=1S/C13H23NO.C6H6/c15-11-14(12-7-3-1-4-8-12)13-9-5-2-6-10-13;1-2-4-6-5-3-1/h11-13H,1-10H2;1-6H. The van der Waals surface area contributed by atoms with Crippen LogP contribution in [0.2, 0.25) is 0 Å². The number of amides is 1. The Morgan fingerprint density at radius 3 is 1.24 bits per heavy atom. The molecule has 0 radical (unpaired) electrons. The Morgan fingerprint density at radius 1 is 0.619 bits per heavy atom. The summed E-state index contributed by atoms with van der Waals surface area (Å²) in [5.41, 5.74) is 0. The van der Waals surface area contributed by atoms with Gasteiger partial charge < -0.3 is 4.90 Å². The SMILES string of the molecule is O=CN(C1CCCCC1)C1CCCCC1.c1ccccc1. The van der Waals surface area contributed by atoms with E-state index < -0.39 is 0 Å². The van der Waals surface area contributed by atoms with Crippen LogP contribution in [0.5, 0.6) is 0 Å². The van der Waals surface area contributed by atoms with E-state index in [-0.39, 0.29) is 0 Å². The van der Waals surface area contributed by atoms with Crippen molar-refractivity contribution in [2.24, 2.45) is 0 Å². The average Bonchev–Trinajstić information content (AvgIpc) is 2.60. The summed E-state index contributed by atoms with van der Waals surface area (Å²) in [6, 6.07) is 13.1. The van der Waals surface area contributed by atoms with Crippen LogP contribution in [0.1, 0.15) is 64.2 Å². The van der Waals surface area contributed by atoms with Crippen molar-refractivity contribution in [2.45, 2.75) is 76.3 Å². The van der Waals surface area contributed by atoms with E-state index in [4.69, 9.17) is 0 Å². The number of rotatable bonds is 3. The highest BCUT2D eigenvalue weighted by Gasteiger charge is 2.27. The van der Waals surface area contributed by atoms with Gasteiger partial charge in [-0.25, -0.2) is 0 Å². The zero-order chi connectivity index (χ0) is 14.8. The van der Waals surface area contributed by atoms with Crippen LogP contribution in [0.25, 0.3) is 0 Å². The summed E-state index contributed by atoms with van der Waals surface area (Å²) in [5, 5.41) is 0. The quantitative estimate of drug-likeness (QED) is 0.731. The number of nitrogens with zero attached hydrogens (tertiary/aromatic N) is 1. The lowest BCUT2D eigenvalue weighted by Gasteiger charge is -2.39. The zero-order valence-corrected chi connectivity index (χ0v) is 13.1. The summed E-state index contributed by atoms with van der Waals surface area (Å²) in [4.78, 5) is 13.4. The molecule has 0 atom stereocenters. The first-order chi connectivity index (χ1) is 10.4. The van der Waals surface area contributed by atoms with E-state index in [1.807, 2.05) is 36.4 Å². The van der Waals surface area contributed by atoms with Crippen molar-refractivity contribution in [3.63, 3.8) is 0 Å². The Labute approximate surface area is 129 Å². The number of hydrogen-bond acceptors (Lipinski definition) is 1. The van der Waals surface area contributed by atoms with Crippen molar-refractivity contribution in [1.29, 1.82) is 0 Å². The zero-order valence-electron chi connectivity index (χ0n) is 13.1. The van der Waals surface area contributed by atoms with Gasteiger partial charge in [-0.2, -0.15) is 0 Å². The summed E-state index contributed by atoms with van der Waals surface area (Å²) in [7, 11) is 0. The second-order valence-corrected chi connectivity index (χ2v) is 6.29. The molecule has 3 rings (SSSR count). The molecule has 0 spiro atoms. The van der Waals surface area contributed by atoms with Gasteiger partial charge in [-0.15, -0.1) is 0 Å². The van der Waals surface area contributed by atoms with E-state index in [2.05, 4.69) is 4.90 Å². The lowest BCUT2D eigenvalue weighted by atomic mass is 9.89. The molecule has 2 nitrogen and oxygen atoms in total. The highest BCUT2D eigenvalue weighted by molar-refractivity contribution is 5.48.